The van der Waals surface area contributed by atoms with Gasteiger partial charge in [0, 0.05) is 7.62 Å². The average Bonchev–Trinajstić information content (AvgIpc) is 2.34. The van der Waals surface area contributed by atoms with E-state index in [-0.39, 0.29) is 13.7 Å². The molecule has 1 heterocycles. The smallest absolute Gasteiger partial charge is 0.414 e. The van der Waals surface area contributed by atoms with Gasteiger partial charge in [-0.15, -0.1) is 0 Å². The van der Waals surface area contributed by atoms with Crippen LogP contribution in [0, 0.1) is 0 Å². The van der Waals surface area contributed by atoms with Gasteiger partial charge in [0.2, 0.25) is 0 Å². The quantitative estimate of drug-likeness (QED) is 0.669. The number of hydrogen-bond donors (Lipinski definition) is 0. The van der Waals surface area contributed by atoms with Gasteiger partial charge in [-0.05, 0) is 0 Å². The van der Waals surface area contributed by atoms with Gasteiger partial charge in [-0.1, -0.05) is 22.5 Å². The minimum Gasteiger partial charge on any atom is -0.447 e. The van der Waals surface area contributed by atoms with Gasteiger partial charge >= 0.3 is 6.09 Å². The van der Waals surface area contributed by atoms with E-state index < -0.39 is 7.11 Å². The first-order valence-electron chi connectivity index (χ1n) is 2.52. The van der Waals surface area contributed by atoms with Crippen LogP contribution in [0.5, 0.6) is 0 Å². The van der Waals surface area contributed by atoms with Crippen molar-refractivity contribution in [1.82, 2.24) is 4.67 Å². The van der Waals surface area contributed by atoms with E-state index in [2.05, 4.69) is 4.74 Å². The Labute approximate surface area is 71.1 Å². The maximum Gasteiger partial charge on any atom is 0.414 e. The van der Waals surface area contributed by atoms with E-state index in [9.17, 15) is 4.79 Å². The standard InChI is InChI=1S/C3H5Cl2NO2P2/c4-9-10(5)6-1-2-8-3(6)7/h9H,1-2H2. The molecule has 1 rings (SSSR count). The lowest BCUT2D eigenvalue weighted by Crippen LogP contribution is -2.14. The van der Waals surface area contributed by atoms with Crippen molar-refractivity contribution in [3.63, 3.8) is 0 Å². The summed E-state index contributed by atoms with van der Waals surface area (Å²) >= 11 is 11.2. The van der Waals surface area contributed by atoms with Crippen LogP contribution in [-0.2, 0) is 4.74 Å². The highest BCUT2D eigenvalue weighted by molar-refractivity contribution is 8.40. The van der Waals surface area contributed by atoms with Gasteiger partial charge in [0.25, 0.3) is 0 Å². The molecule has 1 amide bonds. The Morgan fingerprint density at radius 1 is 1.80 bits per heavy atom. The first-order chi connectivity index (χ1) is 4.75. The zero-order valence-corrected chi connectivity index (χ0v) is 8.29. The zero-order valence-electron chi connectivity index (χ0n) is 4.88. The Hall–Kier alpha value is 0.710. The summed E-state index contributed by atoms with van der Waals surface area (Å²) in [6.07, 6.45) is -0.339. The number of cyclic esters (lactones) is 1. The summed E-state index contributed by atoms with van der Waals surface area (Å²) in [7, 11) is -0.916. The summed E-state index contributed by atoms with van der Waals surface area (Å²) < 4.78 is 6.13. The van der Waals surface area contributed by atoms with Crippen LogP contribution in [0.1, 0.15) is 0 Å². The number of carbonyl (C=O) groups is 1. The van der Waals surface area contributed by atoms with E-state index in [0.29, 0.717) is 13.2 Å². The highest BCUT2D eigenvalue weighted by atomic mass is 35.7. The van der Waals surface area contributed by atoms with E-state index in [4.69, 9.17) is 22.5 Å². The van der Waals surface area contributed by atoms with Crippen molar-refractivity contribution in [2.24, 2.45) is 0 Å². The normalized spacial score (nSPS) is 22.2. The molecular weight excluding hydrogens is 215 g/mol. The molecule has 0 aromatic rings. The largest absolute Gasteiger partial charge is 0.447 e. The summed E-state index contributed by atoms with van der Waals surface area (Å²) in [4.78, 5) is 10.8. The fourth-order valence-electron chi connectivity index (χ4n) is 0.590. The topological polar surface area (TPSA) is 29.5 Å². The monoisotopic (exact) mass is 219 g/mol. The molecule has 0 bridgehead atoms. The number of amides is 1. The number of rotatable bonds is 2. The van der Waals surface area contributed by atoms with Crippen molar-refractivity contribution in [3.8, 4) is 0 Å². The molecule has 3 nitrogen and oxygen atoms in total. The number of carbonyl (C=O) groups excluding carboxylic acids is 1. The number of hydrogen-bond acceptors (Lipinski definition) is 2. The molecule has 7 heteroatoms. The zero-order chi connectivity index (χ0) is 7.56. The van der Waals surface area contributed by atoms with Crippen molar-refractivity contribution in [3.05, 3.63) is 0 Å². The van der Waals surface area contributed by atoms with Gasteiger partial charge in [-0.3, -0.25) is 4.67 Å². The molecule has 1 saturated heterocycles. The Balaban J connectivity index is 2.46. The van der Waals surface area contributed by atoms with Gasteiger partial charge in [-0.2, -0.15) is 0 Å². The molecule has 58 valence electrons. The highest BCUT2D eigenvalue weighted by Gasteiger charge is 2.28. The SMILES string of the molecule is O=C1OCCN1P(Cl)PCl. The third kappa shape index (κ3) is 1.85. The van der Waals surface area contributed by atoms with Crippen molar-refractivity contribution >= 4 is 43.3 Å². The lowest BCUT2D eigenvalue weighted by Gasteiger charge is -2.14. The molecule has 0 saturated carbocycles. The van der Waals surface area contributed by atoms with E-state index in [1.54, 1.807) is 0 Å². The van der Waals surface area contributed by atoms with Crippen LogP contribution >= 0.6 is 37.2 Å². The van der Waals surface area contributed by atoms with Crippen LogP contribution in [-0.4, -0.2) is 23.9 Å². The van der Waals surface area contributed by atoms with Crippen molar-refractivity contribution < 1.29 is 9.53 Å². The minimum absolute atomic E-state index is 0.0790. The van der Waals surface area contributed by atoms with Crippen molar-refractivity contribution in [2.45, 2.75) is 0 Å². The van der Waals surface area contributed by atoms with Crippen molar-refractivity contribution in [1.29, 1.82) is 0 Å². The first-order valence-corrected chi connectivity index (χ1v) is 7.57. The van der Waals surface area contributed by atoms with Crippen LogP contribution in [0.25, 0.3) is 0 Å². The molecule has 2 unspecified atom stereocenters. The molecule has 1 aliphatic rings. The van der Waals surface area contributed by atoms with Gasteiger partial charge in [0.15, 0.2) is 0 Å². The minimum atomic E-state index is -0.995. The second kappa shape index (κ2) is 3.92. The van der Waals surface area contributed by atoms with Gasteiger partial charge in [0.1, 0.15) is 13.7 Å². The van der Waals surface area contributed by atoms with E-state index >= 15 is 0 Å². The maximum absolute atomic E-state index is 10.8. The average molecular weight is 220 g/mol. The van der Waals surface area contributed by atoms with Crippen LogP contribution in [0.15, 0.2) is 0 Å². The Morgan fingerprint density at radius 3 is 2.90 bits per heavy atom. The van der Waals surface area contributed by atoms with Crippen molar-refractivity contribution in [2.75, 3.05) is 13.2 Å². The third-order valence-corrected chi connectivity index (χ3v) is 6.62. The highest BCUT2D eigenvalue weighted by Crippen LogP contribution is 2.65. The lowest BCUT2D eigenvalue weighted by molar-refractivity contribution is 0.171. The first kappa shape index (κ1) is 8.80. The van der Waals surface area contributed by atoms with E-state index in [0.717, 1.165) is 0 Å². The molecule has 10 heavy (non-hydrogen) atoms. The van der Waals surface area contributed by atoms with E-state index in [1.807, 2.05) is 0 Å². The second-order valence-electron chi connectivity index (χ2n) is 1.58. The Morgan fingerprint density at radius 2 is 2.50 bits per heavy atom. The fourth-order valence-corrected chi connectivity index (χ4v) is 3.19. The predicted octanol–water partition coefficient (Wildman–Crippen LogP) is 2.74. The summed E-state index contributed by atoms with van der Waals surface area (Å²) in [5.41, 5.74) is 0. The van der Waals surface area contributed by atoms with Crippen LogP contribution in [0.2, 0.25) is 0 Å². The number of nitrogens with zero attached hydrogens (tertiary/aromatic N) is 1. The van der Waals surface area contributed by atoms with Crippen LogP contribution in [0.4, 0.5) is 4.79 Å². The Kier molecular flexibility index (Phi) is 3.45. The Bertz CT molecular complexity index is 146. The number of ether oxygens (including phenoxy) is 1. The predicted molar refractivity (Wildman–Crippen MR) is 45.0 cm³/mol. The van der Waals surface area contributed by atoms with E-state index in [1.165, 1.54) is 4.67 Å². The third-order valence-electron chi connectivity index (χ3n) is 1.02. The molecule has 0 aromatic carbocycles. The molecule has 1 fully saturated rings. The summed E-state index contributed by atoms with van der Waals surface area (Å²) in [6, 6.07) is 0. The fraction of sp³-hybridized carbons (Fsp3) is 0.667. The second-order valence-corrected chi connectivity index (χ2v) is 7.86. The molecule has 0 radical (unpaired) electrons. The molecule has 0 N–H and O–H groups in total. The van der Waals surface area contributed by atoms with Gasteiger partial charge in [0.05, 0.1) is 6.54 Å². The number of halogens is 2. The van der Waals surface area contributed by atoms with Gasteiger partial charge < -0.3 is 4.74 Å². The summed E-state index contributed by atoms with van der Waals surface area (Å²) in [5.74, 6) is 0. The molecular formula is C3H5Cl2NO2P2. The summed E-state index contributed by atoms with van der Waals surface area (Å²) in [6.45, 7) is 1.01. The molecule has 2 atom stereocenters. The van der Waals surface area contributed by atoms with Gasteiger partial charge in [-0.25, -0.2) is 4.79 Å². The molecule has 0 aromatic heterocycles. The maximum atomic E-state index is 10.8. The molecule has 0 spiro atoms. The van der Waals surface area contributed by atoms with Crippen LogP contribution < -0.4 is 0 Å². The van der Waals surface area contributed by atoms with Crippen LogP contribution in [0.3, 0.4) is 0 Å². The lowest BCUT2D eigenvalue weighted by atomic mass is 10.7. The molecule has 1 aliphatic heterocycles. The molecule has 0 aliphatic carbocycles. The summed E-state index contributed by atoms with van der Waals surface area (Å²) in [5, 5.41) is 0.